The number of hydrogen-bond acceptors (Lipinski definition) is 4. The zero-order valence-electron chi connectivity index (χ0n) is 11.4. The van der Waals surface area contributed by atoms with Crippen molar-refractivity contribution >= 4 is 15.9 Å². The molecule has 100 valence electrons. The molecule has 0 radical (unpaired) electrons. The SMILES string of the molecule is COc1ccc(-c2cc(Br)nc(C(C)(C)C)n2)cn1. The number of pyridine rings is 1. The molecular formula is C14H16BrN3O. The molecule has 0 aromatic carbocycles. The Morgan fingerprint density at radius 3 is 2.42 bits per heavy atom. The van der Waals surface area contributed by atoms with Crippen molar-refractivity contribution in [2.45, 2.75) is 26.2 Å². The minimum atomic E-state index is -0.0988. The smallest absolute Gasteiger partial charge is 0.212 e. The predicted molar refractivity (Wildman–Crippen MR) is 78.2 cm³/mol. The summed E-state index contributed by atoms with van der Waals surface area (Å²) >= 11 is 3.43. The van der Waals surface area contributed by atoms with Gasteiger partial charge in [0.1, 0.15) is 10.4 Å². The summed E-state index contributed by atoms with van der Waals surface area (Å²) in [5, 5.41) is 0. The highest BCUT2D eigenvalue weighted by Crippen LogP contribution is 2.25. The Morgan fingerprint density at radius 2 is 1.89 bits per heavy atom. The number of nitrogens with zero attached hydrogens (tertiary/aromatic N) is 3. The molecule has 0 bridgehead atoms. The fourth-order valence-electron chi connectivity index (χ4n) is 1.55. The summed E-state index contributed by atoms with van der Waals surface area (Å²) in [7, 11) is 1.60. The minimum absolute atomic E-state index is 0.0988. The Bertz CT molecular complexity index is 576. The normalized spacial score (nSPS) is 11.4. The van der Waals surface area contributed by atoms with Gasteiger partial charge >= 0.3 is 0 Å². The van der Waals surface area contributed by atoms with E-state index in [4.69, 9.17) is 4.74 Å². The molecule has 0 aliphatic rings. The topological polar surface area (TPSA) is 47.9 Å². The van der Waals surface area contributed by atoms with Crippen LogP contribution < -0.4 is 4.74 Å². The minimum Gasteiger partial charge on any atom is -0.481 e. The van der Waals surface area contributed by atoms with Gasteiger partial charge in [-0.2, -0.15) is 0 Å². The van der Waals surface area contributed by atoms with Crippen LogP contribution in [-0.2, 0) is 5.41 Å². The van der Waals surface area contributed by atoms with E-state index in [0.717, 1.165) is 21.7 Å². The van der Waals surface area contributed by atoms with Crippen LogP contribution in [0, 0.1) is 0 Å². The summed E-state index contributed by atoms with van der Waals surface area (Å²) in [6.07, 6.45) is 1.75. The average Bonchev–Trinajstić information content (AvgIpc) is 2.37. The van der Waals surface area contributed by atoms with Crippen LogP contribution in [-0.4, -0.2) is 22.1 Å². The van der Waals surface area contributed by atoms with Crippen molar-refractivity contribution in [1.82, 2.24) is 15.0 Å². The third kappa shape index (κ3) is 3.29. The summed E-state index contributed by atoms with van der Waals surface area (Å²) in [6.45, 7) is 6.26. The van der Waals surface area contributed by atoms with Crippen molar-refractivity contribution in [1.29, 1.82) is 0 Å². The molecule has 19 heavy (non-hydrogen) atoms. The van der Waals surface area contributed by atoms with Gasteiger partial charge in [0.2, 0.25) is 5.88 Å². The van der Waals surface area contributed by atoms with Crippen LogP contribution in [0.25, 0.3) is 11.3 Å². The number of aromatic nitrogens is 3. The second-order valence-electron chi connectivity index (χ2n) is 5.24. The first kappa shape index (κ1) is 13.9. The quantitative estimate of drug-likeness (QED) is 0.793. The van der Waals surface area contributed by atoms with Gasteiger partial charge in [-0.05, 0) is 28.1 Å². The summed E-state index contributed by atoms with van der Waals surface area (Å²) in [5.41, 5.74) is 1.69. The van der Waals surface area contributed by atoms with Gasteiger partial charge in [0.25, 0.3) is 0 Å². The lowest BCUT2D eigenvalue weighted by atomic mass is 9.95. The predicted octanol–water partition coefficient (Wildman–Crippen LogP) is 3.61. The maximum Gasteiger partial charge on any atom is 0.212 e. The number of ether oxygens (including phenoxy) is 1. The van der Waals surface area contributed by atoms with Crippen molar-refractivity contribution in [3.05, 3.63) is 34.8 Å². The van der Waals surface area contributed by atoms with Crippen molar-refractivity contribution in [3.8, 4) is 17.1 Å². The van der Waals surface area contributed by atoms with E-state index < -0.39 is 0 Å². The number of hydrogen-bond donors (Lipinski definition) is 0. The molecule has 0 N–H and O–H groups in total. The maximum absolute atomic E-state index is 5.05. The third-order valence-electron chi connectivity index (χ3n) is 2.61. The van der Waals surface area contributed by atoms with Gasteiger partial charge in [0, 0.05) is 23.2 Å². The average molecular weight is 322 g/mol. The van der Waals surface area contributed by atoms with Gasteiger partial charge in [0.05, 0.1) is 12.8 Å². The summed E-state index contributed by atoms with van der Waals surface area (Å²) in [6, 6.07) is 5.65. The second kappa shape index (κ2) is 5.25. The van der Waals surface area contributed by atoms with Crippen molar-refractivity contribution in [2.24, 2.45) is 0 Å². The fourth-order valence-corrected chi connectivity index (χ4v) is 1.94. The van der Waals surface area contributed by atoms with E-state index in [2.05, 4.69) is 51.7 Å². The van der Waals surface area contributed by atoms with Crippen LogP contribution >= 0.6 is 15.9 Å². The van der Waals surface area contributed by atoms with Crippen molar-refractivity contribution in [2.75, 3.05) is 7.11 Å². The molecule has 4 nitrogen and oxygen atoms in total. The molecule has 0 aliphatic heterocycles. The van der Waals surface area contributed by atoms with E-state index >= 15 is 0 Å². The molecule has 2 heterocycles. The fraction of sp³-hybridized carbons (Fsp3) is 0.357. The van der Waals surface area contributed by atoms with Gasteiger partial charge in [-0.1, -0.05) is 20.8 Å². The van der Waals surface area contributed by atoms with Crippen molar-refractivity contribution < 1.29 is 4.74 Å². The van der Waals surface area contributed by atoms with E-state index in [9.17, 15) is 0 Å². The van der Waals surface area contributed by atoms with E-state index in [1.807, 2.05) is 18.2 Å². The van der Waals surface area contributed by atoms with Crippen LogP contribution in [0.3, 0.4) is 0 Å². The second-order valence-corrected chi connectivity index (χ2v) is 6.05. The molecule has 0 amide bonds. The van der Waals surface area contributed by atoms with E-state index in [1.54, 1.807) is 13.3 Å². The standard InChI is InChI=1S/C14H16BrN3O/c1-14(2,3)13-17-10(7-11(15)18-13)9-5-6-12(19-4)16-8-9/h5-8H,1-4H3. The Hall–Kier alpha value is -1.49. The lowest BCUT2D eigenvalue weighted by Crippen LogP contribution is -2.16. The monoisotopic (exact) mass is 321 g/mol. The van der Waals surface area contributed by atoms with Gasteiger partial charge in [0.15, 0.2) is 0 Å². The molecular weight excluding hydrogens is 306 g/mol. The molecule has 0 saturated heterocycles. The van der Waals surface area contributed by atoms with Crippen LogP contribution in [0.5, 0.6) is 5.88 Å². The van der Waals surface area contributed by atoms with Gasteiger partial charge in [-0.3, -0.25) is 0 Å². The maximum atomic E-state index is 5.05. The first-order chi connectivity index (χ1) is 8.90. The highest BCUT2D eigenvalue weighted by atomic mass is 79.9. The summed E-state index contributed by atoms with van der Waals surface area (Å²) in [5.74, 6) is 1.39. The third-order valence-corrected chi connectivity index (χ3v) is 3.01. The molecule has 2 rings (SSSR count). The van der Waals surface area contributed by atoms with E-state index in [1.165, 1.54) is 0 Å². The lowest BCUT2D eigenvalue weighted by Gasteiger charge is -2.17. The first-order valence-corrected chi connectivity index (χ1v) is 6.75. The molecule has 0 unspecified atom stereocenters. The zero-order valence-corrected chi connectivity index (χ0v) is 13.0. The Balaban J connectivity index is 2.46. The van der Waals surface area contributed by atoms with Gasteiger partial charge < -0.3 is 4.74 Å². The molecule has 0 atom stereocenters. The number of halogens is 1. The molecule has 2 aromatic rings. The Morgan fingerprint density at radius 1 is 1.16 bits per heavy atom. The molecule has 0 fully saturated rings. The van der Waals surface area contributed by atoms with Crippen LogP contribution in [0.2, 0.25) is 0 Å². The first-order valence-electron chi connectivity index (χ1n) is 5.95. The van der Waals surface area contributed by atoms with Crippen LogP contribution in [0.4, 0.5) is 0 Å². The van der Waals surface area contributed by atoms with Crippen molar-refractivity contribution in [3.63, 3.8) is 0 Å². The zero-order chi connectivity index (χ0) is 14.0. The molecule has 0 saturated carbocycles. The molecule has 0 aliphatic carbocycles. The largest absolute Gasteiger partial charge is 0.481 e. The molecule has 0 spiro atoms. The van der Waals surface area contributed by atoms with Crippen LogP contribution in [0.15, 0.2) is 29.0 Å². The van der Waals surface area contributed by atoms with Gasteiger partial charge in [-0.15, -0.1) is 0 Å². The highest BCUT2D eigenvalue weighted by molar-refractivity contribution is 9.10. The van der Waals surface area contributed by atoms with Crippen LogP contribution in [0.1, 0.15) is 26.6 Å². The Labute approximate surface area is 121 Å². The summed E-state index contributed by atoms with van der Waals surface area (Å²) in [4.78, 5) is 13.2. The number of rotatable bonds is 2. The molecule has 5 heteroatoms. The van der Waals surface area contributed by atoms with E-state index in [0.29, 0.717) is 5.88 Å². The Kier molecular flexibility index (Phi) is 3.85. The van der Waals surface area contributed by atoms with Gasteiger partial charge in [-0.25, -0.2) is 15.0 Å². The number of methoxy groups -OCH3 is 1. The summed E-state index contributed by atoms with van der Waals surface area (Å²) < 4.78 is 5.83. The molecule has 2 aromatic heterocycles. The van der Waals surface area contributed by atoms with E-state index in [-0.39, 0.29) is 5.41 Å². The lowest BCUT2D eigenvalue weighted by molar-refractivity contribution is 0.398. The highest BCUT2D eigenvalue weighted by Gasteiger charge is 2.19.